The third-order valence-corrected chi connectivity index (χ3v) is 3.83. The average molecular weight is 271 g/mol. The molecule has 1 aliphatic carbocycles. The van der Waals surface area contributed by atoms with Crippen molar-refractivity contribution in [2.45, 2.75) is 39.0 Å². The van der Waals surface area contributed by atoms with Gasteiger partial charge in [-0.05, 0) is 32.6 Å². The van der Waals surface area contributed by atoms with Gasteiger partial charge in [-0.25, -0.2) is 0 Å². The molecular weight excluding hydrogens is 250 g/mol. The summed E-state index contributed by atoms with van der Waals surface area (Å²) in [6, 6.07) is 9.05. The second kappa shape index (κ2) is 7.04. The zero-order chi connectivity index (χ0) is 14.4. The van der Waals surface area contributed by atoms with E-state index in [1.807, 2.05) is 25.1 Å². The molecule has 0 atom stereocenters. The van der Waals surface area contributed by atoms with Gasteiger partial charge in [0.2, 0.25) is 5.91 Å². The van der Waals surface area contributed by atoms with Crippen molar-refractivity contribution in [1.82, 2.24) is 5.32 Å². The molecule has 20 heavy (non-hydrogen) atoms. The Morgan fingerprint density at radius 2 is 1.70 bits per heavy atom. The van der Waals surface area contributed by atoms with Crippen LogP contribution >= 0.6 is 0 Å². The van der Waals surface area contributed by atoms with Crippen LogP contribution in [0.15, 0.2) is 41.5 Å². The number of ketones is 1. The molecule has 1 amide bonds. The molecule has 0 aliphatic heterocycles. The molecule has 0 heterocycles. The molecule has 0 unspecified atom stereocenters. The Balaban J connectivity index is 1.90. The summed E-state index contributed by atoms with van der Waals surface area (Å²) in [5, 5.41) is 2.73. The van der Waals surface area contributed by atoms with Crippen LogP contribution in [0.5, 0.6) is 0 Å². The Morgan fingerprint density at radius 1 is 1.05 bits per heavy atom. The van der Waals surface area contributed by atoms with Crippen LogP contribution in [-0.4, -0.2) is 18.2 Å². The van der Waals surface area contributed by atoms with E-state index in [0.717, 1.165) is 18.4 Å². The fourth-order valence-electron chi connectivity index (χ4n) is 2.53. The molecule has 0 aromatic heterocycles. The van der Waals surface area contributed by atoms with Gasteiger partial charge >= 0.3 is 0 Å². The Labute approximate surface area is 120 Å². The molecule has 0 bridgehead atoms. The molecule has 1 aliphatic rings. The minimum absolute atomic E-state index is 0.0552. The molecule has 0 saturated heterocycles. The van der Waals surface area contributed by atoms with E-state index in [2.05, 4.69) is 5.32 Å². The lowest BCUT2D eigenvalue weighted by molar-refractivity contribution is -0.117. The number of amides is 1. The zero-order valence-electron chi connectivity index (χ0n) is 11.9. The molecule has 106 valence electrons. The van der Waals surface area contributed by atoms with Crippen molar-refractivity contribution in [2.75, 3.05) is 6.54 Å². The van der Waals surface area contributed by atoms with Gasteiger partial charge in [-0.2, -0.15) is 0 Å². The van der Waals surface area contributed by atoms with Gasteiger partial charge in [0.25, 0.3) is 0 Å². The third-order valence-electron chi connectivity index (χ3n) is 3.83. The standard InChI is InChI=1S/C17H21NO2/c1-13(14-8-4-2-5-9-14)17(20)18-12-16(19)15-10-6-3-7-11-15/h3,6-7,10-11H,2,4-5,8-9,12H2,1H3,(H,18,20). The zero-order valence-corrected chi connectivity index (χ0v) is 11.9. The molecule has 1 aromatic rings. The maximum Gasteiger partial charge on any atom is 0.247 e. The largest absolute Gasteiger partial charge is 0.345 e. The fraction of sp³-hybridized carbons (Fsp3) is 0.412. The van der Waals surface area contributed by atoms with Gasteiger partial charge in [0, 0.05) is 11.1 Å². The number of allylic oxidation sites excluding steroid dienone is 1. The summed E-state index contributed by atoms with van der Waals surface area (Å²) in [6.07, 6.45) is 5.63. The van der Waals surface area contributed by atoms with Crippen molar-refractivity contribution >= 4 is 11.7 Å². The van der Waals surface area contributed by atoms with Crippen molar-refractivity contribution in [3.63, 3.8) is 0 Å². The van der Waals surface area contributed by atoms with Crippen LogP contribution in [0.4, 0.5) is 0 Å². The molecule has 3 heteroatoms. The highest BCUT2D eigenvalue weighted by molar-refractivity contribution is 6.01. The summed E-state index contributed by atoms with van der Waals surface area (Å²) in [6.45, 7) is 1.93. The highest BCUT2D eigenvalue weighted by atomic mass is 16.2. The van der Waals surface area contributed by atoms with Crippen LogP contribution in [0.1, 0.15) is 49.4 Å². The lowest BCUT2D eigenvalue weighted by Crippen LogP contribution is -2.30. The number of carbonyl (C=O) groups excluding carboxylic acids is 2. The van der Waals surface area contributed by atoms with Crippen LogP contribution in [0, 0.1) is 0 Å². The van der Waals surface area contributed by atoms with E-state index in [1.54, 1.807) is 12.1 Å². The highest BCUT2D eigenvalue weighted by Gasteiger charge is 2.14. The number of hydrogen-bond donors (Lipinski definition) is 1. The summed E-state index contributed by atoms with van der Waals surface area (Å²) in [5.41, 5.74) is 2.68. The molecule has 1 aromatic carbocycles. The van der Waals surface area contributed by atoms with Gasteiger partial charge in [-0.1, -0.05) is 42.3 Å². The van der Waals surface area contributed by atoms with Crippen LogP contribution < -0.4 is 5.32 Å². The Hall–Kier alpha value is -1.90. The number of hydrogen-bond acceptors (Lipinski definition) is 2. The van der Waals surface area contributed by atoms with Crippen molar-refractivity contribution in [1.29, 1.82) is 0 Å². The third kappa shape index (κ3) is 3.80. The molecule has 2 rings (SSSR count). The van der Waals surface area contributed by atoms with Gasteiger partial charge in [0.05, 0.1) is 6.54 Å². The van der Waals surface area contributed by atoms with Gasteiger partial charge < -0.3 is 5.32 Å². The first-order chi connectivity index (χ1) is 9.68. The van der Waals surface area contributed by atoms with Gasteiger partial charge in [-0.15, -0.1) is 0 Å². The minimum Gasteiger partial charge on any atom is -0.345 e. The Kier molecular flexibility index (Phi) is 5.10. The summed E-state index contributed by atoms with van der Waals surface area (Å²) in [7, 11) is 0. The van der Waals surface area contributed by atoms with Crippen LogP contribution in [-0.2, 0) is 4.79 Å². The van der Waals surface area contributed by atoms with E-state index in [1.165, 1.54) is 24.8 Å². The predicted molar refractivity (Wildman–Crippen MR) is 79.6 cm³/mol. The van der Waals surface area contributed by atoms with E-state index in [-0.39, 0.29) is 18.2 Å². The summed E-state index contributed by atoms with van der Waals surface area (Å²) in [5.74, 6) is -0.161. The summed E-state index contributed by atoms with van der Waals surface area (Å²) in [4.78, 5) is 24.0. The topological polar surface area (TPSA) is 46.2 Å². The number of Topliss-reactive ketones (excluding diaryl/α,β-unsaturated/α-hetero) is 1. The molecular formula is C17H21NO2. The quantitative estimate of drug-likeness (QED) is 0.675. The van der Waals surface area contributed by atoms with E-state index in [0.29, 0.717) is 5.56 Å². The maximum absolute atomic E-state index is 12.1. The number of benzene rings is 1. The molecule has 1 N–H and O–H groups in total. The lowest BCUT2D eigenvalue weighted by Gasteiger charge is -2.16. The molecule has 0 spiro atoms. The summed E-state index contributed by atoms with van der Waals surface area (Å²) < 4.78 is 0. The van der Waals surface area contributed by atoms with Gasteiger partial charge in [-0.3, -0.25) is 9.59 Å². The van der Waals surface area contributed by atoms with Crippen molar-refractivity contribution in [2.24, 2.45) is 0 Å². The maximum atomic E-state index is 12.1. The number of rotatable bonds is 4. The Bertz CT molecular complexity index is 509. The molecule has 1 saturated carbocycles. The predicted octanol–water partition coefficient (Wildman–Crippen LogP) is 3.27. The monoisotopic (exact) mass is 271 g/mol. The van der Waals surface area contributed by atoms with Gasteiger partial charge in [0.15, 0.2) is 5.78 Å². The van der Waals surface area contributed by atoms with Crippen LogP contribution in [0.25, 0.3) is 0 Å². The van der Waals surface area contributed by atoms with Crippen molar-refractivity contribution < 1.29 is 9.59 Å². The average Bonchev–Trinajstić information content (AvgIpc) is 2.53. The SMILES string of the molecule is CC(C(=O)NCC(=O)c1ccccc1)=C1CCCCC1. The normalized spacial score (nSPS) is 14.8. The van der Waals surface area contributed by atoms with E-state index >= 15 is 0 Å². The number of nitrogens with one attached hydrogen (secondary N) is 1. The van der Waals surface area contributed by atoms with Crippen molar-refractivity contribution in [3.8, 4) is 0 Å². The fourth-order valence-corrected chi connectivity index (χ4v) is 2.53. The first-order valence-corrected chi connectivity index (χ1v) is 7.23. The first kappa shape index (κ1) is 14.5. The van der Waals surface area contributed by atoms with Crippen molar-refractivity contribution in [3.05, 3.63) is 47.0 Å². The van der Waals surface area contributed by atoms with E-state index in [4.69, 9.17) is 0 Å². The van der Waals surface area contributed by atoms with Gasteiger partial charge in [0.1, 0.15) is 0 Å². The second-order valence-electron chi connectivity index (χ2n) is 5.26. The lowest BCUT2D eigenvalue weighted by atomic mass is 9.91. The van der Waals surface area contributed by atoms with Crippen LogP contribution in [0.2, 0.25) is 0 Å². The van der Waals surface area contributed by atoms with E-state index < -0.39 is 0 Å². The molecule has 0 radical (unpaired) electrons. The summed E-state index contributed by atoms with van der Waals surface area (Å²) >= 11 is 0. The minimum atomic E-state index is -0.105. The Morgan fingerprint density at radius 3 is 2.35 bits per heavy atom. The molecule has 3 nitrogen and oxygen atoms in total. The van der Waals surface area contributed by atoms with Crippen LogP contribution in [0.3, 0.4) is 0 Å². The molecule has 1 fully saturated rings. The number of carbonyl (C=O) groups is 2. The second-order valence-corrected chi connectivity index (χ2v) is 5.26. The highest BCUT2D eigenvalue weighted by Crippen LogP contribution is 2.25. The smallest absolute Gasteiger partial charge is 0.247 e. The van der Waals surface area contributed by atoms with E-state index in [9.17, 15) is 9.59 Å². The first-order valence-electron chi connectivity index (χ1n) is 7.23.